The van der Waals surface area contributed by atoms with Gasteiger partial charge in [-0.25, -0.2) is 0 Å². The molecule has 2 unspecified atom stereocenters. The predicted octanol–water partition coefficient (Wildman–Crippen LogP) is 7.89. The first-order valence-electron chi connectivity index (χ1n) is 21.9. The first-order chi connectivity index (χ1) is 25.9. The molecule has 11 heteroatoms. The van der Waals surface area contributed by atoms with Crippen molar-refractivity contribution in [1.82, 2.24) is 24.8 Å². The number of hydrogen-bond donors (Lipinski definition) is 2. The first kappa shape index (κ1) is 48.9. The summed E-state index contributed by atoms with van der Waals surface area (Å²) in [5.41, 5.74) is 0.786. The topological polar surface area (TPSA) is 130 Å². The molecule has 0 aliphatic heterocycles. The molecular weight excluding hydrogens is 670 g/mol. The maximum atomic E-state index is 13.9. The van der Waals surface area contributed by atoms with Crippen LogP contribution in [0.15, 0.2) is 6.20 Å². The van der Waals surface area contributed by atoms with E-state index < -0.39 is 12.1 Å². The molecule has 0 radical (unpaired) electrons. The molecule has 0 saturated carbocycles. The van der Waals surface area contributed by atoms with Gasteiger partial charge in [-0.3, -0.25) is 24.1 Å². The van der Waals surface area contributed by atoms with Gasteiger partial charge in [0.1, 0.15) is 12.1 Å². The summed E-state index contributed by atoms with van der Waals surface area (Å²) in [6.45, 7) is 12.2. The fraction of sp³-hybridized carbons (Fsp3) is 0.905. The summed E-state index contributed by atoms with van der Waals surface area (Å²) in [6, 6.07) is -1.08. The van der Waals surface area contributed by atoms with Crippen LogP contribution in [-0.4, -0.2) is 112 Å². The van der Waals surface area contributed by atoms with Gasteiger partial charge >= 0.3 is 11.9 Å². The average molecular weight is 752 g/mol. The monoisotopic (exact) mass is 752 g/mol. The first-order valence-corrected chi connectivity index (χ1v) is 21.9. The minimum absolute atomic E-state index is 0.0277. The quantitative estimate of drug-likeness (QED) is 0.0508. The number of nitrogens with zero attached hydrogens (tertiary/aromatic N) is 5. The number of carbonyl (C=O) groups excluding carboxylic acids is 2. The van der Waals surface area contributed by atoms with Crippen LogP contribution in [0.2, 0.25) is 0 Å². The number of ether oxygens (including phenoxy) is 2. The van der Waals surface area contributed by atoms with E-state index in [0.717, 1.165) is 69.9 Å². The zero-order valence-corrected chi connectivity index (χ0v) is 34.6. The average Bonchev–Trinajstić information content (AvgIpc) is 3.62. The van der Waals surface area contributed by atoms with Crippen molar-refractivity contribution in [2.75, 3.05) is 52.6 Å². The lowest BCUT2D eigenvalue weighted by Crippen LogP contribution is -2.52. The van der Waals surface area contributed by atoms with E-state index >= 15 is 0 Å². The summed E-state index contributed by atoms with van der Waals surface area (Å²) >= 11 is 0. The van der Waals surface area contributed by atoms with Crippen LogP contribution in [0.3, 0.4) is 0 Å². The third kappa shape index (κ3) is 24.1. The standard InChI is InChI=1S/C42H81N5O6/c1-5-9-13-15-17-19-21-23-35-52-41(50)39(25-11-7-3)47(28-27-38-37-46(44-43-38)30-29-45(31-33-48)32-34-49)40(26-12-8-4)42(51)53-36-24-22-20-18-16-14-10-6-2/h37,39-40,48-49H,5-36H2,1-4H3. The molecule has 310 valence electrons. The largest absolute Gasteiger partial charge is 0.465 e. The van der Waals surface area contributed by atoms with Crippen molar-refractivity contribution >= 4 is 11.9 Å². The van der Waals surface area contributed by atoms with Crippen LogP contribution < -0.4 is 0 Å². The molecule has 1 aromatic rings. The van der Waals surface area contributed by atoms with Crippen LogP contribution in [0.4, 0.5) is 0 Å². The zero-order valence-electron chi connectivity index (χ0n) is 34.6. The molecule has 0 amide bonds. The van der Waals surface area contributed by atoms with Crippen LogP contribution in [-0.2, 0) is 32.0 Å². The normalized spacial score (nSPS) is 12.8. The molecule has 53 heavy (non-hydrogen) atoms. The Kier molecular flexibility index (Phi) is 31.8. The molecule has 0 spiro atoms. The highest BCUT2D eigenvalue weighted by Gasteiger charge is 2.36. The van der Waals surface area contributed by atoms with E-state index in [-0.39, 0.29) is 25.2 Å². The Morgan fingerprint density at radius 3 is 1.49 bits per heavy atom. The molecular formula is C42H81N5O6. The Bertz CT molecular complexity index is 943. The molecule has 0 saturated heterocycles. The number of unbranched alkanes of at least 4 members (excludes halogenated alkanes) is 16. The van der Waals surface area contributed by atoms with Crippen molar-refractivity contribution in [1.29, 1.82) is 0 Å². The maximum absolute atomic E-state index is 13.9. The molecule has 0 fully saturated rings. The van der Waals surface area contributed by atoms with Crippen LogP contribution in [0, 0.1) is 0 Å². The van der Waals surface area contributed by atoms with Crippen molar-refractivity contribution in [2.45, 2.75) is 194 Å². The van der Waals surface area contributed by atoms with Crippen LogP contribution >= 0.6 is 0 Å². The Balaban J connectivity index is 3.06. The number of aliphatic hydroxyl groups excluding tert-OH is 2. The fourth-order valence-electron chi connectivity index (χ4n) is 6.84. The summed E-state index contributed by atoms with van der Waals surface area (Å²) < 4.78 is 13.7. The van der Waals surface area contributed by atoms with Gasteiger partial charge in [0, 0.05) is 38.8 Å². The van der Waals surface area contributed by atoms with E-state index in [9.17, 15) is 19.8 Å². The highest BCUT2D eigenvalue weighted by molar-refractivity contribution is 5.79. The summed E-state index contributed by atoms with van der Waals surface area (Å²) in [4.78, 5) is 31.9. The van der Waals surface area contributed by atoms with Gasteiger partial charge in [-0.1, -0.05) is 148 Å². The van der Waals surface area contributed by atoms with Crippen LogP contribution in [0.25, 0.3) is 0 Å². The van der Waals surface area contributed by atoms with Crippen LogP contribution in [0.1, 0.15) is 175 Å². The molecule has 0 aliphatic rings. The molecule has 11 nitrogen and oxygen atoms in total. The third-order valence-corrected chi connectivity index (χ3v) is 10.2. The second kappa shape index (κ2) is 34.4. The van der Waals surface area contributed by atoms with Crippen molar-refractivity contribution in [3.8, 4) is 0 Å². The second-order valence-corrected chi connectivity index (χ2v) is 14.9. The molecule has 0 aromatic carbocycles. The van der Waals surface area contributed by atoms with Crippen molar-refractivity contribution < 1.29 is 29.3 Å². The summed E-state index contributed by atoms with van der Waals surface area (Å²) in [5.74, 6) is -0.481. The highest BCUT2D eigenvalue weighted by atomic mass is 16.5. The number of carbonyl (C=O) groups is 2. The van der Waals surface area contributed by atoms with Crippen molar-refractivity contribution in [3.63, 3.8) is 0 Å². The summed E-state index contributed by atoms with van der Waals surface area (Å²) in [5, 5.41) is 27.5. The maximum Gasteiger partial charge on any atom is 0.323 e. The summed E-state index contributed by atoms with van der Waals surface area (Å²) in [6.07, 6.45) is 26.1. The molecule has 2 N–H and O–H groups in total. The van der Waals surface area contributed by atoms with E-state index in [4.69, 9.17) is 9.47 Å². The van der Waals surface area contributed by atoms with E-state index in [2.05, 4.69) is 42.9 Å². The lowest BCUT2D eigenvalue weighted by atomic mass is 10.0. The van der Waals surface area contributed by atoms with Crippen molar-refractivity contribution in [2.24, 2.45) is 0 Å². The van der Waals surface area contributed by atoms with Crippen molar-refractivity contribution in [3.05, 3.63) is 11.9 Å². The van der Waals surface area contributed by atoms with Gasteiger partial charge < -0.3 is 19.7 Å². The number of esters is 2. The fourth-order valence-corrected chi connectivity index (χ4v) is 6.84. The zero-order chi connectivity index (χ0) is 38.8. The van der Waals surface area contributed by atoms with E-state index in [1.807, 2.05) is 11.1 Å². The second-order valence-electron chi connectivity index (χ2n) is 14.9. The molecule has 1 rings (SSSR count). The molecule has 1 aromatic heterocycles. The minimum atomic E-state index is -0.540. The predicted molar refractivity (Wildman–Crippen MR) is 215 cm³/mol. The molecule has 1 heterocycles. The highest BCUT2D eigenvalue weighted by Crippen LogP contribution is 2.21. The SMILES string of the molecule is CCCCCCCCCCOC(=O)C(CCCC)N(CCc1cn(CCN(CCO)CCO)nn1)C(CCCC)C(=O)OCCCCCCCCCC. The lowest BCUT2D eigenvalue weighted by molar-refractivity contribution is -0.158. The van der Waals surface area contributed by atoms with Gasteiger partial charge in [-0.05, 0) is 25.7 Å². The third-order valence-electron chi connectivity index (χ3n) is 10.2. The lowest BCUT2D eigenvalue weighted by Gasteiger charge is -2.35. The van der Waals surface area contributed by atoms with Gasteiger partial charge in [0.05, 0.1) is 38.7 Å². The number of aromatic nitrogens is 3. The minimum Gasteiger partial charge on any atom is -0.465 e. The van der Waals surface area contributed by atoms with E-state index in [1.54, 1.807) is 4.68 Å². The van der Waals surface area contributed by atoms with Gasteiger partial charge in [-0.2, -0.15) is 0 Å². The Labute approximate surface area is 323 Å². The Morgan fingerprint density at radius 1 is 0.623 bits per heavy atom. The Morgan fingerprint density at radius 2 is 1.06 bits per heavy atom. The smallest absolute Gasteiger partial charge is 0.323 e. The number of aliphatic hydroxyl groups is 2. The molecule has 2 atom stereocenters. The van der Waals surface area contributed by atoms with E-state index in [1.165, 1.54) is 64.2 Å². The van der Waals surface area contributed by atoms with Crippen LogP contribution in [0.5, 0.6) is 0 Å². The number of hydrogen-bond acceptors (Lipinski definition) is 10. The summed E-state index contributed by atoms with van der Waals surface area (Å²) in [7, 11) is 0. The van der Waals surface area contributed by atoms with Gasteiger partial charge in [0.15, 0.2) is 0 Å². The Hall–Kier alpha value is -2.08. The molecule has 0 aliphatic carbocycles. The van der Waals surface area contributed by atoms with Gasteiger partial charge in [0.25, 0.3) is 0 Å². The molecule has 0 bridgehead atoms. The van der Waals surface area contributed by atoms with E-state index in [0.29, 0.717) is 65.2 Å². The number of rotatable bonds is 38. The van der Waals surface area contributed by atoms with Gasteiger partial charge in [0.2, 0.25) is 0 Å². The van der Waals surface area contributed by atoms with Gasteiger partial charge in [-0.15, -0.1) is 5.10 Å².